The van der Waals surface area contributed by atoms with E-state index in [1.807, 2.05) is 20.8 Å². The number of nitrogens with two attached hydrogens (primary N) is 1. The fourth-order valence-corrected chi connectivity index (χ4v) is 1.36. The van der Waals surface area contributed by atoms with E-state index in [1.54, 1.807) is 17.1 Å². The fourth-order valence-electron chi connectivity index (χ4n) is 1.36. The predicted molar refractivity (Wildman–Crippen MR) is 64.1 cm³/mol. The molecule has 0 aliphatic carbocycles. The minimum absolute atomic E-state index is 0.148. The number of nitrogens with one attached hydrogen (secondary N) is 1. The van der Waals surface area contributed by atoms with Crippen LogP contribution in [0.4, 0.5) is 5.69 Å². The van der Waals surface area contributed by atoms with Crippen LogP contribution in [0.2, 0.25) is 0 Å². The van der Waals surface area contributed by atoms with Gasteiger partial charge >= 0.3 is 0 Å². The van der Waals surface area contributed by atoms with Gasteiger partial charge in [-0.1, -0.05) is 13.3 Å². The summed E-state index contributed by atoms with van der Waals surface area (Å²) in [6.45, 7) is 6.06. The molecule has 5 nitrogen and oxygen atoms in total. The summed E-state index contributed by atoms with van der Waals surface area (Å²) in [4.78, 5) is 11.6. The van der Waals surface area contributed by atoms with Crippen LogP contribution in [0.15, 0.2) is 12.4 Å². The molecule has 16 heavy (non-hydrogen) atoms. The molecule has 1 aromatic rings. The van der Waals surface area contributed by atoms with E-state index in [0.29, 0.717) is 12.1 Å². The molecule has 1 aromatic heterocycles. The monoisotopic (exact) mass is 224 g/mol. The van der Waals surface area contributed by atoms with Crippen LogP contribution in [0, 0.1) is 0 Å². The van der Waals surface area contributed by atoms with Crippen LogP contribution in [0.5, 0.6) is 0 Å². The van der Waals surface area contributed by atoms with E-state index in [9.17, 15) is 4.79 Å². The van der Waals surface area contributed by atoms with Crippen LogP contribution in [-0.4, -0.2) is 21.7 Å². The third-order valence-electron chi connectivity index (χ3n) is 2.33. The largest absolute Gasteiger partial charge is 0.322 e. The zero-order valence-electron chi connectivity index (χ0n) is 10.1. The van der Waals surface area contributed by atoms with Gasteiger partial charge in [-0.3, -0.25) is 9.48 Å². The number of carbonyl (C=O) groups excluding carboxylic acids is 1. The van der Waals surface area contributed by atoms with Gasteiger partial charge < -0.3 is 11.1 Å². The molecule has 0 saturated carbocycles. The molecular formula is C11H20N4O. The Morgan fingerprint density at radius 2 is 2.31 bits per heavy atom. The summed E-state index contributed by atoms with van der Waals surface area (Å²) < 4.78 is 1.79. The first kappa shape index (κ1) is 12.7. The lowest BCUT2D eigenvalue weighted by Crippen LogP contribution is -2.35. The molecule has 0 spiro atoms. The maximum Gasteiger partial charge on any atom is 0.241 e. The highest BCUT2D eigenvalue weighted by molar-refractivity contribution is 5.94. The normalized spacial score (nSPS) is 12.8. The fraction of sp³-hybridized carbons (Fsp3) is 0.636. The molecule has 0 aromatic carbocycles. The standard InChI is InChI=1S/C11H20N4O/c1-4-5-10(12)11(16)14-9-6-13-15(7-9)8(2)3/h6-8,10H,4-5,12H2,1-3H3,(H,14,16)/t10-/m1/s1. The Bertz CT molecular complexity index is 346. The summed E-state index contributed by atoms with van der Waals surface area (Å²) in [6.07, 6.45) is 5.04. The van der Waals surface area contributed by atoms with Gasteiger partial charge in [0.25, 0.3) is 0 Å². The lowest BCUT2D eigenvalue weighted by Gasteiger charge is -2.09. The van der Waals surface area contributed by atoms with Crippen LogP contribution in [0.25, 0.3) is 0 Å². The van der Waals surface area contributed by atoms with Gasteiger partial charge in [0, 0.05) is 12.2 Å². The Kier molecular flexibility index (Phi) is 4.49. The summed E-state index contributed by atoms with van der Waals surface area (Å²) >= 11 is 0. The van der Waals surface area contributed by atoms with Crippen molar-refractivity contribution in [3.8, 4) is 0 Å². The number of hydrogen-bond donors (Lipinski definition) is 2. The van der Waals surface area contributed by atoms with Crippen molar-refractivity contribution >= 4 is 11.6 Å². The number of aromatic nitrogens is 2. The Labute approximate surface area is 96.0 Å². The lowest BCUT2D eigenvalue weighted by molar-refractivity contribution is -0.117. The second kappa shape index (κ2) is 5.65. The first-order valence-electron chi connectivity index (χ1n) is 5.65. The zero-order chi connectivity index (χ0) is 12.1. The van der Waals surface area contributed by atoms with E-state index in [4.69, 9.17) is 5.73 Å². The van der Waals surface area contributed by atoms with Crippen molar-refractivity contribution in [2.45, 2.75) is 45.7 Å². The maximum absolute atomic E-state index is 11.6. The third-order valence-corrected chi connectivity index (χ3v) is 2.33. The highest BCUT2D eigenvalue weighted by atomic mass is 16.2. The van der Waals surface area contributed by atoms with Crippen molar-refractivity contribution < 1.29 is 4.79 Å². The summed E-state index contributed by atoms with van der Waals surface area (Å²) in [5, 5.41) is 6.89. The van der Waals surface area contributed by atoms with Gasteiger partial charge in [0.15, 0.2) is 0 Å². The molecule has 0 radical (unpaired) electrons. The van der Waals surface area contributed by atoms with Crippen molar-refractivity contribution in [1.29, 1.82) is 0 Å². The molecule has 0 saturated heterocycles. The second-order valence-corrected chi connectivity index (χ2v) is 4.19. The van der Waals surface area contributed by atoms with Gasteiger partial charge in [-0.2, -0.15) is 5.10 Å². The molecule has 5 heteroatoms. The predicted octanol–water partition coefficient (Wildman–Crippen LogP) is 1.53. The van der Waals surface area contributed by atoms with Crippen LogP contribution in [-0.2, 0) is 4.79 Å². The number of amides is 1. The average molecular weight is 224 g/mol. The summed E-state index contributed by atoms with van der Waals surface area (Å²) in [5.41, 5.74) is 6.40. The molecule has 0 aliphatic heterocycles. The summed E-state index contributed by atoms with van der Waals surface area (Å²) in [5.74, 6) is -0.148. The first-order valence-corrected chi connectivity index (χ1v) is 5.65. The van der Waals surface area contributed by atoms with Gasteiger partial charge in [-0.05, 0) is 20.3 Å². The first-order chi connectivity index (χ1) is 7.54. The molecule has 1 heterocycles. The quantitative estimate of drug-likeness (QED) is 0.796. The van der Waals surface area contributed by atoms with E-state index in [2.05, 4.69) is 10.4 Å². The summed E-state index contributed by atoms with van der Waals surface area (Å²) in [7, 11) is 0. The van der Waals surface area contributed by atoms with E-state index < -0.39 is 6.04 Å². The van der Waals surface area contributed by atoms with E-state index in [-0.39, 0.29) is 11.9 Å². The SMILES string of the molecule is CCC[C@@H](N)C(=O)Nc1cnn(C(C)C)c1. The molecule has 0 bridgehead atoms. The molecule has 3 N–H and O–H groups in total. The molecule has 1 atom stereocenters. The molecule has 1 rings (SSSR count). The molecule has 90 valence electrons. The van der Waals surface area contributed by atoms with E-state index in [0.717, 1.165) is 6.42 Å². The topological polar surface area (TPSA) is 72.9 Å². The number of carbonyl (C=O) groups is 1. The van der Waals surface area contributed by atoms with Crippen molar-refractivity contribution in [2.75, 3.05) is 5.32 Å². The molecular weight excluding hydrogens is 204 g/mol. The Hall–Kier alpha value is -1.36. The Morgan fingerprint density at radius 1 is 1.62 bits per heavy atom. The molecule has 1 amide bonds. The smallest absolute Gasteiger partial charge is 0.241 e. The zero-order valence-corrected chi connectivity index (χ0v) is 10.1. The van der Waals surface area contributed by atoms with Crippen LogP contribution >= 0.6 is 0 Å². The lowest BCUT2D eigenvalue weighted by atomic mass is 10.2. The minimum atomic E-state index is -0.438. The number of nitrogens with zero attached hydrogens (tertiary/aromatic N) is 2. The van der Waals surface area contributed by atoms with E-state index in [1.165, 1.54) is 0 Å². The number of rotatable bonds is 5. The number of hydrogen-bond acceptors (Lipinski definition) is 3. The third kappa shape index (κ3) is 3.34. The van der Waals surface area contributed by atoms with Gasteiger partial charge in [0.05, 0.1) is 17.9 Å². The molecule has 0 unspecified atom stereocenters. The molecule has 0 fully saturated rings. The second-order valence-electron chi connectivity index (χ2n) is 4.19. The highest BCUT2D eigenvalue weighted by Gasteiger charge is 2.13. The van der Waals surface area contributed by atoms with E-state index >= 15 is 0 Å². The van der Waals surface area contributed by atoms with Crippen molar-refractivity contribution in [3.05, 3.63) is 12.4 Å². The van der Waals surface area contributed by atoms with Gasteiger partial charge in [0.2, 0.25) is 5.91 Å². The van der Waals surface area contributed by atoms with Crippen molar-refractivity contribution in [2.24, 2.45) is 5.73 Å². The number of anilines is 1. The Balaban J connectivity index is 2.56. The maximum atomic E-state index is 11.6. The highest BCUT2D eigenvalue weighted by Crippen LogP contribution is 2.10. The van der Waals surface area contributed by atoms with Gasteiger partial charge in [0.1, 0.15) is 0 Å². The average Bonchev–Trinajstić information content (AvgIpc) is 2.66. The summed E-state index contributed by atoms with van der Waals surface area (Å²) in [6, 6.07) is -0.151. The molecule has 0 aliphatic rings. The van der Waals surface area contributed by atoms with Crippen LogP contribution in [0.1, 0.15) is 39.7 Å². The van der Waals surface area contributed by atoms with Crippen LogP contribution in [0.3, 0.4) is 0 Å². The van der Waals surface area contributed by atoms with Crippen LogP contribution < -0.4 is 11.1 Å². The van der Waals surface area contributed by atoms with Crippen molar-refractivity contribution in [3.63, 3.8) is 0 Å². The Morgan fingerprint density at radius 3 is 2.81 bits per heavy atom. The van der Waals surface area contributed by atoms with Gasteiger partial charge in [-0.25, -0.2) is 0 Å². The van der Waals surface area contributed by atoms with Crippen molar-refractivity contribution in [1.82, 2.24) is 9.78 Å². The minimum Gasteiger partial charge on any atom is -0.322 e. The van der Waals surface area contributed by atoms with Gasteiger partial charge in [-0.15, -0.1) is 0 Å².